The second-order valence-electron chi connectivity index (χ2n) is 6.51. The molecule has 0 aromatic carbocycles. The van der Waals surface area contributed by atoms with E-state index in [2.05, 4.69) is 15.1 Å². The van der Waals surface area contributed by atoms with E-state index in [0.29, 0.717) is 28.2 Å². The van der Waals surface area contributed by atoms with E-state index in [1.165, 1.54) is 24.1 Å². The number of ether oxygens (including phenoxy) is 1. The highest BCUT2D eigenvalue weighted by atomic mass is 19.4. The first kappa shape index (κ1) is 18.8. The first-order valence-corrected chi connectivity index (χ1v) is 8.57. The van der Waals surface area contributed by atoms with Gasteiger partial charge in [-0.15, -0.1) is 0 Å². The topological polar surface area (TPSA) is 78.0 Å². The number of rotatable bonds is 4. The molecule has 0 amide bonds. The van der Waals surface area contributed by atoms with Gasteiger partial charge in [0.2, 0.25) is 11.8 Å². The lowest BCUT2D eigenvalue weighted by Crippen LogP contribution is -2.17. The Balaban J connectivity index is 1.76. The molecule has 0 radical (unpaired) electrons. The number of halogens is 3. The summed E-state index contributed by atoms with van der Waals surface area (Å²) >= 11 is 0. The molecule has 0 fully saturated rings. The van der Waals surface area contributed by atoms with E-state index in [1.807, 2.05) is 19.1 Å². The highest BCUT2D eigenvalue weighted by Gasteiger charge is 2.28. The van der Waals surface area contributed by atoms with Gasteiger partial charge in [0.05, 0.1) is 35.6 Å². The minimum atomic E-state index is -4.38. The molecule has 4 rings (SSSR count). The van der Waals surface area contributed by atoms with Gasteiger partial charge in [-0.05, 0) is 24.6 Å². The zero-order valence-electron chi connectivity index (χ0n) is 15.5. The van der Waals surface area contributed by atoms with Crippen molar-refractivity contribution in [3.8, 4) is 28.7 Å². The summed E-state index contributed by atoms with van der Waals surface area (Å²) in [5, 5.41) is 14.9. The molecule has 0 aliphatic heterocycles. The van der Waals surface area contributed by atoms with Crippen LogP contribution in [-0.4, -0.2) is 42.7 Å². The lowest BCUT2D eigenvalue weighted by molar-refractivity contribution is -0.142. The average Bonchev–Trinajstić information content (AvgIpc) is 3.24. The predicted octanol–water partition coefficient (Wildman–Crippen LogP) is 3.87. The van der Waals surface area contributed by atoms with E-state index >= 15 is 0 Å². The molecular weight excluding hydrogens is 387 g/mol. The van der Waals surface area contributed by atoms with E-state index in [0.717, 1.165) is 15.8 Å². The molecule has 29 heavy (non-hydrogen) atoms. The zero-order chi connectivity index (χ0) is 20.8. The number of aryl methyl sites for hydroxylation is 1. The number of hydrogen-bond donors (Lipinski definition) is 1. The number of pyridine rings is 2. The van der Waals surface area contributed by atoms with Gasteiger partial charge in [0.25, 0.3) is 0 Å². The number of alkyl halides is 3. The Hall–Kier alpha value is -3.56. The van der Waals surface area contributed by atoms with Gasteiger partial charge >= 0.3 is 6.18 Å². The third-order valence-corrected chi connectivity index (χ3v) is 4.43. The van der Waals surface area contributed by atoms with Crippen molar-refractivity contribution in [2.45, 2.75) is 19.6 Å². The van der Waals surface area contributed by atoms with Crippen LogP contribution in [0.1, 0.15) is 5.56 Å². The molecule has 0 saturated carbocycles. The first-order valence-electron chi connectivity index (χ1n) is 8.57. The Labute approximate surface area is 163 Å². The fraction of sp³-hybridized carbons (Fsp3) is 0.211. The van der Waals surface area contributed by atoms with Crippen LogP contribution in [0.3, 0.4) is 0 Å². The third kappa shape index (κ3) is 3.60. The minimum Gasteiger partial charge on any atom is -0.494 e. The lowest BCUT2D eigenvalue weighted by atomic mass is 10.1. The first-order chi connectivity index (χ1) is 13.7. The number of aromatic nitrogens is 5. The van der Waals surface area contributed by atoms with Gasteiger partial charge in [0.15, 0.2) is 0 Å². The molecule has 0 bridgehead atoms. The predicted molar refractivity (Wildman–Crippen MR) is 99.1 cm³/mol. The second-order valence-corrected chi connectivity index (χ2v) is 6.51. The van der Waals surface area contributed by atoms with Crippen molar-refractivity contribution in [2.75, 3.05) is 7.11 Å². The average molecular weight is 403 g/mol. The maximum Gasteiger partial charge on any atom is 0.408 e. The van der Waals surface area contributed by atoms with Crippen molar-refractivity contribution in [1.29, 1.82) is 0 Å². The normalized spacial score (nSPS) is 11.9. The number of aromatic hydroxyl groups is 1. The van der Waals surface area contributed by atoms with Crippen LogP contribution in [0.5, 0.6) is 11.8 Å². The van der Waals surface area contributed by atoms with Crippen LogP contribution in [0.4, 0.5) is 13.2 Å². The Morgan fingerprint density at radius 3 is 2.62 bits per heavy atom. The molecule has 0 saturated heterocycles. The highest BCUT2D eigenvalue weighted by Crippen LogP contribution is 2.34. The third-order valence-electron chi connectivity index (χ3n) is 4.43. The molecule has 7 nitrogen and oxygen atoms in total. The van der Waals surface area contributed by atoms with Crippen LogP contribution < -0.4 is 4.74 Å². The smallest absolute Gasteiger partial charge is 0.408 e. The molecule has 0 spiro atoms. The monoisotopic (exact) mass is 403 g/mol. The molecule has 0 aliphatic rings. The molecule has 4 aromatic rings. The molecule has 0 aliphatic carbocycles. The fourth-order valence-corrected chi connectivity index (χ4v) is 3.13. The molecule has 4 aromatic heterocycles. The van der Waals surface area contributed by atoms with E-state index in [-0.39, 0.29) is 5.88 Å². The molecule has 1 N–H and O–H groups in total. The van der Waals surface area contributed by atoms with E-state index < -0.39 is 12.7 Å². The van der Waals surface area contributed by atoms with Crippen molar-refractivity contribution >= 4 is 10.9 Å². The Kier molecular flexibility index (Phi) is 4.40. The van der Waals surface area contributed by atoms with E-state index in [1.54, 1.807) is 18.5 Å². The van der Waals surface area contributed by atoms with Gasteiger partial charge < -0.3 is 9.84 Å². The summed E-state index contributed by atoms with van der Waals surface area (Å²) < 4.78 is 44.9. The molecule has 4 heterocycles. The molecule has 10 heteroatoms. The van der Waals surface area contributed by atoms with Gasteiger partial charge in [-0.3, -0.25) is 9.25 Å². The number of fused-ring (bicyclic) bond motifs is 1. The van der Waals surface area contributed by atoms with Crippen LogP contribution in [0.15, 0.2) is 43.0 Å². The maximum atomic E-state index is 12.6. The maximum absolute atomic E-state index is 12.6. The summed E-state index contributed by atoms with van der Waals surface area (Å²) in [6.45, 7) is 0.613. The lowest BCUT2D eigenvalue weighted by Gasteiger charge is -2.05. The summed E-state index contributed by atoms with van der Waals surface area (Å²) in [5.41, 5.74) is 2.98. The van der Waals surface area contributed by atoms with Gasteiger partial charge in [-0.25, -0.2) is 9.97 Å². The molecular formula is C19H16F3N5O2. The summed E-state index contributed by atoms with van der Waals surface area (Å²) in [4.78, 5) is 8.73. The summed E-state index contributed by atoms with van der Waals surface area (Å²) in [6, 6.07) is 5.34. The second kappa shape index (κ2) is 6.80. The Morgan fingerprint density at radius 2 is 1.97 bits per heavy atom. The van der Waals surface area contributed by atoms with Crippen LogP contribution in [-0.2, 0) is 6.54 Å². The van der Waals surface area contributed by atoms with Crippen molar-refractivity contribution in [3.05, 3.63) is 48.5 Å². The standard InChI is InChI=1S/C19H16F3N5O2/c1-11-5-14(12-3-4-16(29-2)23-6-12)25-15-9-27(18(28)17(11)15)13-7-24-26(8-13)10-19(20,21)22/h3-9,28H,10H2,1-2H3. The van der Waals surface area contributed by atoms with Crippen LogP contribution in [0, 0.1) is 6.92 Å². The molecule has 150 valence electrons. The molecule has 0 unspecified atom stereocenters. The largest absolute Gasteiger partial charge is 0.494 e. The van der Waals surface area contributed by atoms with Crippen molar-refractivity contribution in [1.82, 2.24) is 24.3 Å². The van der Waals surface area contributed by atoms with Crippen LogP contribution >= 0.6 is 0 Å². The summed E-state index contributed by atoms with van der Waals surface area (Å²) in [6.07, 6.45) is 1.29. The van der Waals surface area contributed by atoms with Crippen molar-refractivity contribution in [2.24, 2.45) is 0 Å². The Bertz CT molecular complexity index is 1180. The zero-order valence-corrected chi connectivity index (χ0v) is 15.5. The van der Waals surface area contributed by atoms with E-state index in [9.17, 15) is 18.3 Å². The SMILES string of the molecule is COc1ccc(-c2cc(C)c3c(O)n(-c4cnn(CC(F)(F)F)c4)cc3n2)cn1. The minimum absolute atomic E-state index is 0.115. The molecule has 0 atom stereocenters. The van der Waals surface area contributed by atoms with Crippen LogP contribution in [0.2, 0.25) is 0 Å². The van der Waals surface area contributed by atoms with E-state index in [4.69, 9.17) is 4.74 Å². The van der Waals surface area contributed by atoms with Gasteiger partial charge in [-0.1, -0.05) is 0 Å². The number of methoxy groups -OCH3 is 1. The number of hydrogen-bond acceptors (Lipinski definition) is 5. The summed E-state index contributed by atoms with van der Waals surface area (Å²) in [7, 11) is 1.53. The van der Waals surface area contributed by atoms with Crippen molar-refractivity contribution < 1.29 is 23.0 Å². The number of nitrogens with zero attached hydrogens (tertiary/aromatic N) is 5. The Morgan fingerprint density at radius 1 is 1.17 bits per heavy atom. The van der Waals surface area contributed by atoms with Crippen LogP contribution in [0.25, 0.3) is 27.8 Å². The van der Waals surface area contributed by atoms with Gasteiger partial charge in [0, 0.05) is 30.2 Å². The van der Waals surface area contributed by atoms with Gasteiger partial charge in [-0.2, -0.15) is 18.3 Å². The van der Waals surface area contributed by atoms with Crippen molar-refractivity contribution in [3.63, 3.8) is 0 Å². The quantitative estimate of drug-likeness (QED) is 0.560. The highest BCUT2D eigenvalue weighted by molar-refractivity contribution is 5.90. The van der Waals surface area contributed by atoms with Gasteiger partial charge in [0.1, 0.15) is 6.54 Å². The summed E-state index contributed by atoms with van der Waals surface area (Å²) in [5.74, 6) is 0.363. The fourth-order valence-electron chi connectivity index (χ4n) is 3.13.